The fourth-order valence-corrected chi connectivity index (χ4v) is 4.07. The molecule has 1 aromatic carbocycles. The number of halogens is 1. The van der Waals surface area contributed by atoms with Crippen molar-refractivity contribution < 1.29 is 4.74 Å². The second-order valence-corrected chi connectivity index (χ2v) is 6.81. The predicted molar refractivity (Wildman–Crippen MR) is 82.6 cm³/mol. The summed E-state index contributed by atoms with van der Waals surface area (Å²) in [5.74, 6) is 0. The molecule has 2 aliphatic heterocycles. The molecule has 1 aromatic rings. The zero-order valence-corrected chi connectivity index (χ0v) is 13.6. The fourth-order valence-electron chi connectivity index (χ4n) is 3.66. The van der Waals surface area contributed by atoms with Crippen LogP contribution in [0.15, 0.2) is 22.7 Å². The van der Waals surface area contributed by atoms with E-state index in [2.05, 4.69) is 39.0 Å². The summed E-state index contributed by atoms with van der Waals surface area (Å²) in [6, 6.07) is 10.4. The van der Waals surface area contributed by atoms with Gasteiger partial charge in [0.1, 0.15) is 0 Å². The summed E-state index contributed by atoms with van der Waals surface area (Å²) in [6.07, 6.45) is 0.378. The van der Waals surface area contributed by atoms with Gasteiger partial charge in [0.25, 0.3) is 0 Å². The number of hydrogen-bond acceptors (Lipinski definition) is 4. The molecule has 0 N–H and O–H groups in total. The van der Waals surface area contributed by atoms with Crippen LogP contribution >= 0.6 is 15.9 Å². The lowest BCUT2D eigenvalue weighted by Gasteiger charge is -2.51. The van der Waals surface area contributed by atoms with Gasteiger partial charge in [0, 0.05) is 23.1 Å². The number of rotatable bonds is 0. The number of hydrogen-bond donors (Lipinski definition) is 0. The molecule has 3 atom stereocenters. The molecule has 0 bridgehead atoms. The summed E-state index contributed by atoms with van der Waals surface area (Å²) >= 11 is 3.47. The number of fused-ring (bicyclic) bond motifs is 3. The smallest absolute Gasteiger partial charge is 0.170 e. The molecule has 0 aliphatic carbocycles. The van der Waals surface area contributed by atoms with Crippen molar-refractivity contribution in [2.24, 2.45) is 5.41 Å². The van der Waals surface area contributed by atoms with Crippen LogP contribution in [0.5, 0.6) is 0 Å². The Bertz CT molecular complexity index is 646. The van der Waals surface area contributed by atoms with E-state index in [9.17, 15) is 10.5 Å². The van der Waals surface area contributed by atoms with Crippen molar-refractivity contribution in [1.29, 1.82) is 10.5 Å². The molecule has 2 heterocycles. The SMILES string of the molecule is CC1CN2c3ccc(Br)cc3CC(C#N)(C#N)C2C(C)O1. The number of ether oxygens (including phenoxy) is 1. The average Bonchev–Trinajstić information content (AvgIpc) is 2.45. The quantitative estimate of drug-likeness (QED) is 0.725. The average molecular weight is 346 g/mol. The van der Waals surface area contributed by atoms with Crippen LogP contribution in [0.2, 0.25) is 0 Å². The molecule has 1 saturated heterocycles. The molecule has 0 saturated carbocycles. The van der Waals surface area contributed by atoms with Crippen LogP contribution < -0.4 is 4.90 Å². The van der Waals surface area contributed by atoms with Crippen molar-refractivity contribution in [2.75, 3.05) is 11.4 Å². The lowest BCUT2D eigenvalue weighted by molar-refractivity contribution is -0.0467. The monoisotopic (exact) mass is 345 g/mol. The number of morpholine rings is 1. The maximum absolute atomic E-state index is 9.69. The zero-order valence-electron chi connectivity index (χ0n) is 12.0. The van der Waals surface area contributed by atoms with Gasteiger partial charge in [-0.2, -0.15) is 10.5 Å². The first kappa shape index (κ1) is 14.4. The van der Waals surface area contributed by atoms with E-state index >= 15 is 0 Å². The highest BCUT2D eigenvalue weighted by Crippen LogP contribution is 2.45. The van der Waals surface area contributed by atoms with Gasteiger partial charge in [0.15, 0.2) is 5.41 Å². The minimum absolute atomic E-state index is 0.0842. The second kappa shape index (κ2) is 5.02. The Balaban J connectivity index is 2.18. The molecule has 108 valence electrons. The van der Waals surface area contributed by atoms with Crippen LogP contribution in [-0.4, -0.2) is 24.8 Å². The van der Waals surface area contributed by atoms with E-state index in [1.807, 2.05) is 26.0 Å². The normalized spacial score (nSPS) is 29.8. The first-order chi connectivity index (χ1) is 10.0. The molecule has 2 aliphatic rings. The van der Waals surface area contributed by atoms with Crippen molar-refractivity contribution in [3.05, 3.63) is 28.2 Å². The number of nitrogens with zero attached hydrogens (tertiary/aromatic N) is 3. The van der Waals surface area contributed by atoms with E-state index in [1.165, 1.54) is 0 Å². The van der Waals surface area contributed by atoms with Crippen molar-refractivity contribution in [3.63, 3.8) is 0 Å². The Morgan fingerprint density at radius 3 is 2.71 bits per heavy atom. The van der Waals surface area contributed by atoms with Crippen LogP contribution in [0.4, 0.5) is 5.69 Å². The molecule has 0 radical (unpaired) electrons. The van der Waals surface area contributed by atoms with Gasteiger partial charge < -0.3 is 9.64 Å². The molecular weight excluding hydrogens is 330 g/mol. The zero-order chi connectivity index (χ0) is 15.2. The van der Waals surface area contributed by atoms with E-state index < -0.39 is 5.41 Å². The Morgan fingerprint density at radius 2 is 2.05 bits per heavy atom. The lowest BCUT2D eigenvalue weighted by atomic mass is 9.71. The predicted octanol–water partition coefficient (Wildman–Crippen LogP) is 3.02. The van der Waals surface area contributed by atoms with Gasteiger partial charge in [0.05, 0.1) is 30.4 Å². The number of nitriles is 2. The Kier molecular flexibility index (Phi) is 3.43. The molecule has 5 heteroatoms. The largest absolute Gasteiger partial charge is 0.371 e. The van der Waals surface area contributed by atoms with Crippen LogP contribution in [0.3, 0.4) is 0 Å². The van der Waals surface area contributed by atoms with Crippen LogP contribution in [0.1, 0.15) is 19.4 Å². The molecule has 21 heavy (non-hydrogen) atoms. The van der Waals surface area contributed by atoms with Gasteiger partial charge in [-0.1, -0.05) is 15.9 Å². The fraction of sp³-hybridized carbons (Fsp3) is 0.500. The topological polar surface area (TPSA) is 60.0 Å². The van der Waals surface area contributed by atoms with Gasteiger partial charge in [0.2, 0.25) is 0 Å². The molecule has 4 nitrogen and oxygen atoms in total. The summed E-state index contributed by atoms with van der Waals surface area (Å²) in [6.45, 7) is 4.69. The third-order valence-electron chi connectivity index (χ3n) is 4.41. The highest BCUT2D eigenvalue weighted by atomic mass is 79.9. The van der Waals surface area contributed by atoms with Gasteiger partial charge in [-0.15, -0.1) is 0 Å². The maximum Gasteiger partial charge on any atom is 0.170 e. The molecule has 3 unspecified atom stereocenters. The Labute approximate surface area is 133 Å². The highest BCUT2D eigenvalue weighted by Gasteiger charge is 2.52. The van der Waals surface area contributed by atoms with E-state index in [1.54, 1.807) is 0 Å². The van der Waals surface area contributed by atoms with Crippen LogP contribution in [-0.2, 0) is 11.2 Å². The third-order valence-corrected chi connectivity index (χ3v) is 4.90. The minimum Gasteiger partial charge on any atom is -0.371 e. The Morgan fingerprint density at radius 1 is 1.33 bits per heavy atom. The Hall–Kier alpha value is -1.56. The molecule has 1 fully saturated rings. The summed E-state index contributed by atoms with van der Waals surface area (Å²) in [4.78, 5) is 2.19. The van der Waals surface area contributed by atoms with E-state index in [0.29, 0.717) is 13.0 Å². The summed E-state index contributed by atoms with van der Waals surface area (Å²) < 4.78 is 6.87. The molecular formula is C16H16BrN3O. The van der Waals surface area contributed by atoms with Crippen molar-refractivity contribution in [3.8, 4) is 12.1 Å². The van der Waals surface area contributed by atoms with E-state index in [0.717, 1.165) is 15.7 Å². The lowest BCUT2D eigenvalue weighted by Crippen LogP contribution is -2.63. The van der Waals surface area contributed by atoms with Crippen molar-refractivity contribution in [1.82, 2.24) is 0 Å². The standard InChI is InChI=1S/C16H16BrN3O/c1-10-7-20-14-4-3-13(17)5-12(14)6-16(8-18,9-19)15(20)11(2)21-10/h3-5,10-11,15H,6-7H2,1-2H3. The second-order valence-electron chi connectivity index (χ2n) is 5.89. The van der Waals surface area contributed by atoms with Crippen molar-refractivity contribution >= 4 is 21.6 Å². The molecule has 0 amide bonds. The van der Waals surface area contributed by atoms with Gasteiger partial charge in [-0.25, -0.2) is 0 Å². The molecule has 0 spiro atoms. The first-order valence-corrected chi connectivity index (χ1v) is 7.83. The number of anilines is 1. The minimum atomic E-state index is -1.06. The van der Waals surface area contributed by atoms with Gasteiger partial charge >= 0.3 is 0 Å². The van der Waals surface area contributed by atoms with Crippen LogP contribution in [0, 0.1) is 28.1 Å². The van der Waals surface area contributed by atoms with Crippen molar-refractivity contribution in [2.45, 2.75) is 38.5 Å². The highest BCUT2D eigenvalue weighted by molar-refractivity contribution is 9.10. The first-order valence-electron chi connectivity index (χ1n) is 7.04. The summed E-state index contributed by atoms with van der Waals surface area (Å²) in [7, 11) is 0. The van der Waals surface area contributed by atoms with E-state index in [-0.39, 0.29) is 18.2 Å². The summed E-state index contributed by atoms with van der Waals surface area (Å²) in [5.41, 5.74) is 1.10. The molecule has 3 rings (SSSR count). The molecule has 0 aromatic heterocycles. The van der Waals surface area contributed by atoms with E-state index in [4.69, 9.17) is 4.74 Å². The maximum atomic E-state index is 9.69. The van der Waals surface area contributed by atoms with Gasteiger partial charge in [-0.05, 0) is 37.6 Å². The van der Waals surface area contributed by atoms with Gasteiger partial charge in [-0.3, -0.25) is 0 Å². The number of benzene rings is 1. The summed E-state index contributed by atoms with van der Waals surface area (Å²) in [5, 5.41) is 19.4. The van der Waals surface area contributed by atoms with Crippen LogP contribution in [0.25, 0.3) is 0 Å². The third kappa shape index (κ3) is 2.12.